The van der Waals surface area contributed by atoms with Crippen LogP contribution in [0.3, 0.4) is 0 Å². The van der Waals surface area contributed by atoms with E-state index in [-0.39, 0.29) is 11.6 Å². The van der Waals surface area contributed by atoms with Crippen molar-refractivity contribution in [3.05, 3.63) is 130 Å². The van der Waals surface area contributed by atoms with Crippen molar-refractivity contribution in [3.8, 4) is 6.07 Å². The van der Waals surface area contributed by atoms with Crippen molar-refractivity contribution >= 4 is 34.0 Å². The summed E-state index contributed by atoms with van der Waals surface area (Å²) in [4.78, 5) is 16.7. The maximum atomic E-state index is 13.7. The number of benzene rings is 4. The Balaban J connectivity index is 1.50. The highest BCUT2D eigenvalue weighted by atomic mass is 32.2. The van der Waals surface area contributed by atoms with E-state index in [4.69, 9.17) is 5.73 Å². The van der Waals surface area contributed by atoms with Gasteiger partial charge in [-0.05, 0) is 79.1 Å². The molecule has 1 heterocycles. The van der Waals surface area contributed by atoms with Crippen molar-refractivity contribution in [2.24, 2.45) is 5.73 Å². The number of nitrogens with two attached hydrogens (primary N) is 1. The van der Waals surface area contributed by atoms with Crippen LogP contribution in [-0.4, -0.2) is 5.78 Å². The Morgan fingerprint density at radius 1 is 1.02 bits per heavy atom. The third-order valence-corrected chi connectivity index (χ3v) is 9.20. The summed E-state index contributed by atoms with van der Waals surface area (Å²) in [6.07, 6.45) is 1.90. The molecule has 1 atom stereocenters. The molecule has 2 aliphatic rings. The second-order valence-electron chi connectivity index (χ2n) is 10.7. The molecule has 0 aromatic heterocycles. The first kappa shape index (κ1) is 26.9. The van der Waals surface area contributed by atoms with E-state index >= 15 is 0 Å². The molecule has 4 nitrogen and oxygen atoms in total. The second kappa shape index (κ2) is 10.9. The zero-order valence-electron chi connectivity index (χ0n) is 23.1. The Labute approximate surface area is 244 Å². The Hall–Kier alpha value is -4.34. The third kappa shape index (κ3) is 4.81. The number of nitrogens with zero attached hydrogens (tertiary/aromatic N) is 2. The van der Waals surface area contributed by atoms with E-state index in [1.165, 1.54) is 12.1 Å². The molecule has 1 aliphatic carbocycles. The van der Waals surface area contributed by atoms with Gasteiger partial charge in [0.15, 0.2) is 5.78 Å². The molecule has 0 fully saturated rings. The summed E-state index contributed by atoms with van der Waals surface area (Å²) in [7, 11) is 0. The van der Waals surface area contributed by atoms with Gasteiger partial charge in [0.05, 0.1) is 23.2 Å². The summed E-state index contributed by atoms with van der Waals surface area (Å²) < 4.78 is 13.4. The minimum Gasteiger partial charge on any atom is -0.384 e. The van der Waals surface area contributed by atoms with Gasteiger partial charge in [0.25, 0.3) is 0 Å². The van der Waals surface area contributed by atoms with Gasteiger partial charge in [-0.15, -0.1) is 11.8 Å². The molecule has 4 aromatic rings. The van der Waals surface area contributed by atoms with E-state index in [1.807, 2.05) is 36.1 Å². The molecular formula is C35H30FN3OS. The summed E-state index contributed by atoms with van der Waals surface area (Å²) in [5.74, 6) is 0.355. The van der Waals surface area contributed by atoms with Gasteiger partial charge < -0.3 is 5.73 Å². The van der Waals surface area contributed by atoms with Crippen LogP contribution < -0.4 is 10.6 Å². The van der Waals surface area contributed by atoms with Crippen molar-refractivity contribution in [1.82, 2.24) is 0 Å². The highest BCUT2D eigenvalue weighted by molar-refractivity contribution is 7.98. The number of carbonyl (C=O) groups excluding carboxylic acids is 1. The van der Waals surface area contributed by atoms with E-state index in [2.05, 4.69) is 43.3 Å². The zero-order valence-corrected chi connectivity index (χ0v) is 23.9. The number of rotatable bonds is 5. The first-order valence-electron chi connectivity index (χ1n) is 13.8. The van der Waals surface area contributed by atoms with Crippen LogP contribution in [0.4, 0.5) is 10.1 Å². The Morgan fingerprint density at radius 3 is 2.56 bits per heavy atom. The average molecular weight is 560 g/mol. The van der Waals surface area contributed by atoms with E-state index in [9.17, 15) is 14.4 Å². The van der Waals surface area contributed by atoms with Crippen LogP contribution in [0.25, 0.3) is 10.8 Å². The number of hydrogen-bond acceptors (Lipinski definition) is 5. The van der Waals surface area contributed by atoms with Crippen molar-refractivity contribution < 1.29 is 9.18 Å². The highest BCUT2D eigenvalue weighted by Gasteiger charge is 2.41. The van der Waals surface area contributed by atoms with Crippen molar-refractivity contribution in [1.29, 1.82) is 5.26 Å². The summed E-state index contributed by atoms with van der Waals surface area (Å²) in [6.45, 7) is 4.10. The van der Waals surface area contributed by atoms with Gasteiger partial charge in [0.1, 0.15) is 11.6 Å². The Bertz CT molecular complexity index is 1790. The van der Waals surface area contributed by atoms with Crippen LogP contribution in [0.1, 0.15) is 47.4 Å². The molecule has 0 spiro atoms. The van der Waals surface area contributed by atoms with E-state index in [0.29, 0.717) is 35.6 Å². The standard InChI is InChI=1S/C35H30FN3OS/c1-21-17-24(20-41-26-15-13-25(36)14-16-26)22(2)28(18-21)33-29(19-37)35(38)39(31-11-6-12-32(40)34(31)33)30-10-5-8-23-7-3-4-9-27(23)30/h3-5,7-10,13-18,33H,6,11-12,20,38H2,1-2H3. The van der Waals surface area contributed by atoms with Gasteiger partial charge >= 0.3 is 0 Å². The zero-order chi connectivity index (χ0) is 28.7. The van der Waals surface area contributed by atoms with Crippen LogP contribution in [0.5, 0.6) is 0 Å². The number of Topliss-reactive ketones (excluding diaryl/α,β-unsaturated/α-hetero) is 1. The molecule has 41 heavy (non-hydrogen) atoms. The fraction of sp³-hybridized carbons (Fsp3) is 0.200. The molecule has 0 radical (unpaired) electrons. The van der Waals surface area contributed by atoms with Crippen LogP contribution in [0.15, 0.2) is 106 Å². The van der Waals surface area contributed by atoms with Gasteiger partial charge in [-0.1, -0.05) is 54.1 Å². The molecule has 6 rings (SSSR count). The summed E-state index contributed by atoms with van der Waals surface area (Å²) in [5, 5.41) is 12.7. The molecule has 0 amide bonds. The predicted octanol–water partition coefficient (Wildman–Crippen LogP) is 8.19. The number of fused-ring (bicyclic) bond motifs is 1. The largest absolute Gasteiger partial charge is 0.384 e. The number of ketones is 1. The smallest absolute Gasteiger partial charge is 0.161 e. The lowest BCUT2D eigenvalue weighted by Crippen LogP contribution is -2.39. The maximum absolute atomic E-state index is 13.7. The second-order valence-corrected chi connectivity index (χ2v) is 11.7. The van der Waals surface area contributed by atoms with Crippen LogP contribution in [0, 0.1) is 31.0 Å². The molecule has 204 valence electrons. The number of aryl methyl sites for hydroxylation is 1. The lowest BCUT2D eigenvalue weighted by molar-refractivity contribution is -0.116. The number of carbonyl (C=O) groups is 1. The molecule has 4 aromatic carbocycles. The van der Waals surface area contributed by atoms with Gasteiger partial charge in [-0.2, -0.15) is 5.26 Å². The first-order chi connectivity index (χ1) is 19.9. The molecule has 0 saturated heterocycles. The lowest BCUT2D eigenvalue weighted by atomic mass is 9.73. The quantitative estimate of drug-likeness (QED) is 0.250. The van der Waals surface area contributed by atoms with Gasteiger partial charge in [-0.25, -0.2) is 4.39 Å². The minimum atomic E-state index is -0.525. The van der Waals surface area contributed by atoms with Gasteiger partial charge in [-0.3, -0.25) is 9.69 Å². The van der Waals surface area contributed by atoms with E-state index in [0.717, 1.165) is 55.7 Å². The predicted molar refractivity (Wildman–Crippen MR) is 164 cm³/mol. The maximum Gasteiger partial charge on any atom is 0.161 e. The Morgan fingerprint density at radius 2 is 1.78 bits per heavy atom. The molecule has 0 saturated carbocycles. The molecular weight excluding hydrogens is 529 g/mol. The molecule has 1 unspecified atom stereocenters. The SMILES string of the molecule is Cc1cc(CSc2ccc(F)cc2)c(C)c(C2C(C#N)=C(N)N(c3cccc4ccccc34)C3=C2C(=O)CCC3)c1. The molecule has 6 heteroatoms. The van der Waals surface area contributed by atoms with Crippen LogP contribution in [0.2, 0.25) is 0 Å². The van der Waals surface area contributed by atoms with Gasteiger partial charge in [0, 0.05) is 33.7 Å². The van der Waals surface area contributed by atoms with Gasteiger partial charge in [0.2, 0.25) is 0 Å². The van der Waals surface area contributed by atoms with Crippen molar-refractivity contribution in [2.75, 3.05) is 4.90 Å². The first-order valence-corrected chi connectivity index (χ1v) is 14.8. The molecule has 2 N–H and O–H groups in total. The fourth-order valence-corrected chi connectivity index (χ4v) is 7.13. The summed E-state index contributed by atoms with van der Waals surface area (Å²) in [5.41, 5.74) is 13.9. The topological polar surface area (TPSA) is 70.1 Å². The van der Waals surface area contributed by atoms with Crippen LogP contribution in [-0.2, 0) is 10.5 Å². The summed E-state index contributed by atoms with van der Waals surface area (Å²) in [6, 6.07) is 27.3. The fourth-order valence-electron chi connectivity index (χ4n) is 6.18. The average Bonchev–Trinajstić information content (AvgIpc) is 2.98. The normalized spacial score (nSPS) is 17.2. The summed E-state index contributed by atoms with van der Waals surface area (Å²) >= 11 is 1.63. The number of allylic oxidation sites excluding steroid dienone is 3. The van der Waals surface area contributed by atoms with E-state index < -0.39 is 5.92 Å². The van der Waals surface area contributed by atoms with Crippen molar-refractivity contribution in [3.63, 3.8) is 0 Å². The number of thioether (sulfide) groups is 1. The lowest BCUT2D eigenvalue weighted by Gasteiger charge is -2.40. The van der Waals surface area contributed by atoms with Crippen molar-refractivity contribution in [2.45, 2.75) is 49.7 Å². The molecule has 1 aliphatic heterocycles. The number of halogens is 1. The molecule has 0 bridgehead atoms. The minimum absolute atomic E-state index is 0.0740. The van der Waals surface area contributed by atoms with E-state index in [1.54, 1.807) is 23.9 Å². The number of nitriles is 1. The highest BCUT2D eigenvalue weighted by Crippen LogP contribution is 2.48. The Kier molecular flexibility index (Phi) is 7.15. The number of hydrogen-bond donors (Lipinski definition) is 1. The monoisotopic (exact) mass is 559 g/mol. The van der Waals surface area contributed by atoms with Crippen LogP contribution >= 0.6 is 11.8 Å². The third-order valence-electron chi connectivity index (χ3n) is 8.14. The number of anilines is 1.